The molecule has 4 aromatic rings. The predicted molar refractivity (Wildman–Crippen MR) is 141 cm³/mol. The third kappa shape index (κ3) is 4.70. The Hall–Kier alpha value is -4.28. The van der Waals surface area contributed by atoms with E-state index in [0.29, 0.717) is 10.7 Å². The molecule has 0 spiro atoms. The fourth-order valence-electron chi connectivity index (χ4n) is 4.72. The fourth-order valence-corrected chi connectivity index (χ4v) is 5.90. The largest absolute Gasteiger partial charge is 0.481 e. The smallest absolute Gasteiger partial charge is 0.453 e. The quantitative estimate of drug-likeness (QED) is 0.244. The number of hydrogen-bond acceptors (Lipinski definition) is 9. The van der Waals surface area contributed by atoms with Gasteiger partial charge in [0, 0.05) is 30.0 Å². The standard InChI is InChI=1S/C25H23F5N8O3S/c1-22(2,9-13(39)40)12-10-42-21(33-12)23(3)14-16(31)34-18(35-17(14)36-20(23)41)15-11-5-4-7-32-19(11)38(37-15)8-6-24(26,27)25(28,29)30/h4-5,7,10H,6,8-9H2,1-3H3,(H,39,40)(H3,31,34,35,36,41)/t23-/m1/s1. The van der Waals surface area contributed by atoms with Crippen LogP contribution in [-0.2, 0) is 27.0 Å². The second kappa shape index (κ2) is 9.64. The van der Waals surface area contributed by atoms with Crippen LogP contribution >= 0.6 is 11.3 Å². The Labute approximate surface area is 238 Å². The average Bonchev–Trinajstić information content (AvgIpc) is 3.58. The number of anilines is 2. The predicted octanol–water partition coefficient (Wildman–Crippen LogP) is 4.53. The summed E-state index contributed by atoms with van der Waals surface area (Å²) in [5.74, 6) is -6.65. The molecule has 5 rings (SSSR count). The van der Waals surface area contributed by atoms with Gasteiger partial charge in [-0.15, -0.1) is 11.3 Å². The van der Waals surface area contributed by atoms with Gasteiger partial charge in [0.1, 0.15) is 27.8 Å². The number of carbonyl (C=O) groups excluding carboxylic acids is 1. The van der Waals surface area contributed by atoms with E-state index in [1.54, 1.807) is 26.2 Å². The first-order chi connectivity index (χ1) is 19.5. The SMILES string of the molecule is CC(C)(CC(=O)O)c1csc([C@@]2(C)C(=O)Nc3nc(-c4nn(CCC(F)(F)C(F)(F)F)c5ncccc45)nc(N)c32)n1. The number of aromatic nitrogens is 6. The molecule has 11 nitrogen and oxygen atoms in total. The third-order valence-corrected chi connectivity index (χ3v) is 8.18. The van der Waals surface area contributed by atoms with Crippen LogP contribution in [-0.4, -0.2) is 58.8 Å². The molecule has 0 radical (unpaired) electrons. The molecular weight excluding hydrogens is 587 g/mol. The van der Waals surface area contributed by atoms with Crippen molar-refractivity contribution in [3.63, 3.8) is 0 Å². The number of nitrogen functional groups attached to an aromatic ring is 1. The molecule has 1 atom stereocenters. The molecule has 222 valence electrons. The Morgan fingerprint density at radius 3 is 2.57 bits per heavy atom. The number of rotatable bonds is 8. The van der Waals surface area contributed by atoms with Crippen LogP contribution in [0.15, 0.2) is 23.7 Å². The summed E-state index contributed by atoms with van der Waals surface area (Å²) in [6.07, 6.45) is -6.15. The summed E-state index contributed by atoms with van der Waals surface area (Å²) in [4.78, 5) is 42.0. The van der Waals surface area contributed by atoms with Crippen molar-refractivity contribution in [1.82, 2.24) is 29.7 Å². The molecule has 1 aliphatic heterocycles. The van der Waals surface area contributed by atoms with E-state index in [1.807, 2.05) is 0 Å². The molecule has 0 fully saturated rings. The molecule has 4 N–H and O–H groups in total. The summed E-state index contributed by atoms with van der Waals surface area (Å²) in [7, 11) is 0. The van der Waals surface area contributed by atoms with Crippen LogP contribution in [0, 0.1) is 0 Å². The lowest BCUT2D eigenvalue weighted by Crippen LogP contribution is -2.37. The molecule has 0 aromatic carbocycles. The first-order valence-corrected chi connectivity index (χ1v) is 13.3. The highest BCUT2D eigenvalue weighted by atomic mass is 32.1. The second-order valence-corrected chi connectivity index (χ2v) is 11.5. The molecular formula is C25H23F5N8O3S. The maximum atomic E-state index is 13.6. The summed E-state index contributed by atoms with van der Waals surface area (Å²) in [6.45, 7) is 4.21. The number of nitrogens with zero attached hydrogens (tertiary/aromatic N) is 6. The molecule has 4 aromatic heterocycles. The van der Waals surface area contributed by atoms with Gasteiger partial charge in [-0.2, -0.15) is 27.1 Å². The molecule has 42 heavy (non-hydrogen) atoms. The fraction of sp³-hybridized carbons (Fsp3) is 0.400. The third-order valence-electron chi connectivity index (χ3n) is 7.11. The highest BCUT2D eigenvalue weighted by Gasteiger charge is 2.57. The number of alkyl halides is 5. The Balaban J connectivity index is 1.54. The van der Waals surface area contributed by atoms with Crippen LogP contribution in [0.2, 0.25) is 0 Å². The van der Waals surface area contributed by atoms with E-state index in [1.165, 1.54) is 18.3 Å². The minimum absolute atomic E-state index is 0.0118. The number of nitrogens with one attached hydrogen (secondary N) is 1. The zero-order valence-corrected chi connectivity index (χ0v) is 23.1. The van der Waals surface area contributed by atoms with Gasteiger partial charge in [0.2, 0.25) is 5.91 Å². The van der Waals surface area contributed by atoms with Gasteiger partial charge in [-0.05, 0) is 19.1 Å². The van der Waals surface area contributed by atoms with Crippen molar-refractivity contribution in [2.24, 2.45) is 0 Å². The highest BCUT2D eigenvalue weighted by Crippen LogP contribution is 2.47. The Morgan fingerprint density at radius 2 is 1.90 bits per heavy atom. The first kappa shape index (κ1) is 29.2. The van der Waals surface area contributed by atoms with Gasteiger partial charge in [-0.1, -0.05) is 13.8 Å². The highest BCUT2D eigenvalue weighted by molar-refractivity contribution is 7.10. The summed E-state index contributed by atoms with van der Waals surface area (Å²) in [5, 5.41) is 18.4. The van der Waals surface area contributed by atoms with E-state index in [-0.39, 0.29) is 46.2 Å². The van der Waals surface area contributed by atoms with Crippen LogP contribution in [0.5, 0.6) is 0 Å². The van der Waals surface area contributed by atoms with Crippen LogP contribution in [0.25, 0.3) is 22.6 Å². The lowest BCUT2D eigenvalue weighted by atomic mass is 9.84. The number of pyridine rings is 1. The van der Waals surface area contributed by atoms with Crippen LogP contribution < -0.4 is 11.1 Å². The number of thiazole rings is 1. The van der Waals surface area contributed by atoms with Crippen molar-refractivity contribution in [2.75, 3.05) is 11.1 Å². The van der Waals surface area contributed by atoms with Gasteiger partial charge < -0.3 is 16.2 Å². The number of nitrogens with two attached hydrogens (primary N) is 1. The normalized spacial score (nSPS) is 17.5. The molecule has 0 unspecified atom stereocenters. The first-order valence-electron chi connectivity index (χ1n) is 12.4. The number of hydrogen-bond donors (Lipinski definition) is 3. The molecule has 1 aliphatic rings. The molecule has 0 bridgehead atoms. The second-order valence-electron chi connectivity index (χ2n) is 10.6. The zero-order chi connectivity index (χ0) is 30.8. The number of carboxylic acids is 1. The molecule has 0 aliphatic carbocycles. The van der Waals surface area contributed by atoms with E-state index in [9.17, 15) is 36.6 Å². The lowest BCUT2D eigenvalue weighted by molar-refractivity contribution is -0.285. The van der Waals surface area contributed by atoms with Gasteiger partial charge in [-0.3, -0.25) is 9.59 Å². The summed E-state index contributed by atoms with van der Waals surface area (Å²) < 4.78 is 66.3. The van der Waals surface area contributed by atoms with Crippen LogP contribution in [0.3, 0.4) is 0 Å². The van der Waals surface area contributed by atoms with Crippen molar-refractivity contribution in [3.05, 3.63) is 40.0 Å². The van der Waals surface area contributed by atoms with Crippen LogP contribution in [0.4, 0.5) is 33.6 Å². The maximum Gasteiger partial charge on any atom is 0.453 e. The van der Waals surface area contributed by atoms with E-state index in [2.05, 4.69) is 30.4 Å². The number of halogens is 5. The Bertz CT molecular complexity index is 1730. The number of carboxylic acid groups (broad SMARTS) is 1. The Morgan fingerprint density at radius 1 is 1.19 bits per heavy atom. The summed E-state index contributed by atoms with van der Waals surface area (Å²) >= 11 is 1.15. The van der Waals surface area contributed by atoms with Crippen LogP contribution in [0.1, 0.15) is 49.9 Å². The van der Waals surface area contributed by atoms with Crippen molar-refractivity contribution in [2.45, 2.75) is 63.1 Å². The van der Waals surface area contributed by atoms with Crippen molar-refractivity contribution >= 4 is 45.9 Å². The average molecular weight is 611 g/mol. The van der Waals surface area contributed by atoms with E-state index in [4.69, 9.17) is 5.73 Å². The topological polar surface area (TPSA) is 162 Å². The lowest BCUT2D eigenvalue weighted by Gasteiger charge is -2.22. The summed E-state index contributed by atoms with van der Waals surface area (Å²) in [6, 6.07) is 3.04. The molecule has 17 heteroatoms. The molecule has 0 saturated heterocycles. The minimum Gasteiger partial charge on any atom is -0.481 e. The molecule has 1 amide bonds. The number of carbonyl (C=O) groups is 2. The van der Waals surface area contributed by atoms with Crippen molar-refractivity contribution in [3.8, 4) is 11.5 Å². The van der Waals surface area contributed by atoms with Crippen molar-refractivity contribution in [1.29, 1.82) is 0 Å². The number of aliphatic carboxylic acids is 1. The van der Waals surface area contributed by atoms with Gasteiger partial charge in [0.25, 0.3) is 0 Å². The monoisotopic (exact) mass is 610 g/mol. The van der Waals surface area contributed by atoms with E-state index >= 15 is 0 Å². The van der Waals surface area contributed by atoms with Gasteiger partial charge in [-0.25, -0.2) is 24.6 Å². The van der Waals surface area contributed by atoms with E-state index in [0.717, 1.165) is 16.0 Å². The van der Waals surface area contributed by atoms with Gasteiger partial charge in [0.15, 0.2) is 11.5 Å². The minimum atomic E-state index is -5.72. The molecule has 5 heterocycles. The Kier molecular flexibility index (Phi) is 6.71. The van der Waals surface area contributed by atoms with Crippen molar-refractivity contribution < 1.29 is 36.6 Å². The number of amides is 1. The zero-order valence-electron chi connectivity index (χ0n) is 22.3. The van der Waals surface area contributed by atoms with E-state index < -0.39 is 47.8 Å². The molecule has 0 saturated carbocycles. The van der Waals surface area contributed by atoms with Gasteiger partial charge in [0.05, 0.1) is 23.1 Å². The number of aryl methyl sites for hydroxylation is 1. The summed E-state index contributed by atoms with van der Waals surface area (Å²) in [5.41, 5.74) is 4.83. The maximum absolute atomic E-state index is 13.6. The number of fused-ring (bicyclic) bond motifs is 2. The van der Waals surface area contributed by atoms with Gasteiger partial charge >= 0.3 is 18.1 Å².